The number of para-hydroxylation sites is 1. The molecule has 1 aromatic heterocycles. The minimum atomic E-state index is 0.501. The van der Waals surface area contributed by atoms with Crippen molar-refractivity contribution in [1.29, 1.82) is 5.41 Å². The van der Waals surface area contributed by atoms with Gasteiger partial charge in [-0.25, -0.2) is 0 Å². The Kier molecular flexibility index (Phi) is 3.17. The molecule has 0 fully saturated rings. The van der Waals surface area contributed by atoms with E-state index in [1.807, 2.05) is 18.2 Å². The molecule has 80 valence electrons. The van der Waals surface area contributed by atoms with Crippen molar-refractivity contribution in [3.8, 4) is 0 Å². The molecule has 2 rings (SSSR count). The van der Waals surface area contributed by atoms with Crippen LogP contribution >= 0.6 is 11.6 Å². The Labute approximate surface area is 97.9 Å². The Bertz CT molecular complexity index is 531. The topological polar surface area (TPSA) is 49.4 Å². The van der Waals surface area contributed by atoms with Crippen molar-refractivity contribution in [2.24, 2.45) is 4.99 Å². The van der Waals surface area contributed by atoms with E-state index in [1.54, 1.807) is 24.4 Å². The summed E-state index contributed by atoms with van der Waals surface area (Å²) in [5.74, 6) is 1.10. The maximum atomic E-state index is 7.00. The first kappa shape index (κ1) is 10.6. The molecule has 16 heavy (non-hydrogen) atoms. The summed E-state index contributed by atoms with van der Waals surface area (Å²) in [5.41, 5.74) is 0.692. The van der Waals surface area contributed by atoms with Gasteiger partial charge in [0.05, 0.1) is 23.1 Å². The fraction of sp³-hybridized carbons (Fsp3) is 0. The number of rotatable bonds is 3. The van der Waals surface area contributed by atoms with E-state index < -0.39 is 0 Å². The van der Waals surface area contributed by atoms with E-state index in [1.165, 1.54) is 0 Å². The molecule has 1 aromatic carbocycles. The van der Waals surface area contributed by atoms with Gasteiger partial charge in [-0.1, -0.05) is 23.7 Å². The van der Waals surface area contributed by atoms with Crippen LogP contribution in [0.25, 0.3) is 0 Å². The van der Waals surface area contributed by atoms with Gasteiger partial charge in [0, 0.05) is 0 Å². The van der Waals surface area contributed by atoms with Gasteiger partial charge < -0.3 is 9.83 Å². The lowest BCUT2D eigenvalue weighted by atomic mass is 10.3. The lowest BCUT2D eigenvalue weighted by Crippen LogP contribution is -1.75. The molecule has 1 N–H and O–H groups in total. The highest BCUT2D eigenvalue weighted by molar-refractivity contribution is 6.33. The molecule has 0 spiro atoms. The van der Waals surface area contributed by atoms with Gasteiger partial charge in [-0.15, -0.1) is 0 Å². The van der Waals surface area contributed by atoms with Crippen molar-refractivity contribution in [3.05, 3.63) is 52.9 Å². The van der Waals surface area contributed by atoms with Gasteiger partial charge in [-0.3, -0.25) is 4.99 Å². The molecule has 2 aromatic rings. The molecule has 0 bridgehead atoms. The molecular formula is C12H9ClN2O. The molecule has 0 saturated heterocycles. The largest absolute Gasteiger partial charge is 0.454 e. The van der Waals surface area contributed by atoms with Crippen LogP contribution in [0.5, 0.6) is 0 Å². The smallest absolute Gasteiger partial charge is 0.145 e. The summed E-state index contributed by atoms with van der Waals surface area (Å²) in [7, 11) is 0. The SMILES string of the molecule is N=Cc1ccc(/C=N/c2ccccc2Cl)o1. The highest BCUT2D eigenvalue weighted by Crippen LogP contribution is 2.23. The van der Waals surface area contributed by atoms with Crippen molar-refractivity contribution in [2.45, 2.75) is 0 Å². The van der Waals surface area contributed by atoms with Crippen LogP contribution in [0.2, 0.25) is 5.02 Å². The van der Waals surface area contributed by atoms with Gasteiger partial charge in [-0.05, 0) is 24.3 Å². The first-order chi connectivity index (χ1) is 7.79. The van der Waals surface area contributed by atoms with Crippen LogP contribution in [0.1, 0.15) is 11.5 Å². The minimum absolute atomic E-state index is 0.501. The number of nitrogens with zero attached hydrogens (tertiary/aromatic N) is 1. The molecule has 0 radical (unpaired) electrons. The Morgan fingerprint density at radius 1 is 1.12 bits per heavy atom. The van der Waals surface area contributed by atoms with Crippen LogP contribution in [-0.4, -0.2) is 12.4 Å². The van der Waals surface area contributed by atoms with Gasteiger partial charge >= 0.3 is 0 Å². The third-order valence-electron chi connectivity index (χ3n) is 1.97. The van der Waals surface area contributed by atoms with Crippen molar-refractivity contribution < 1.29 is 4.42 Å². The van der Waals surface area contributed by atoms with E-state index in [9.17, 15) is 0 Å². The van der Waals surface area contributed by atoms with E-state index in [2.05, 4.69) is 4.99 Å². The zero-order chi connectivity index (χ0) is 11.4. The number of hydrogen-bond acceptors (Lipinski definition) is 3. The van der Waals surface area contributed by atoms with Crippen LogP contribution in [0.3, 0.4) is 0 Å². The fourth-order valence-corrected chi connectivity index (χ4v) is 1.39. The van der Waals surface area contributed by atoms with Gasteiger partial charge in [-0.2, -0.15) is 0 Å². The fourth-order valence-electron chi connectivity index (χ4n) is 1.20. The molecule has 0 aliphatic rings. The molecule has 4 heteroatoms. The zero-order valence-electron chi connectivity index (χ0n) is 8.35. The van der Waals surface area contributed by atoms with Crippen LogP contribution in [-0.2, 0) is 0 Å². The summed E-state index contributed by atoms with van der Waals surface area (Å²) < 4.78 is 5.26. The number of aliphatic imine (C=N–C) groups is 1. The standard InChI is InChI=1S/C12H9ClN2O/c13-11-3-1-2-4-12(11)15-8-10-6-5-9(7-14)16-10/h1-8,14H/b14-7?,15-8+. The maximum Gasteiger partial charge on any atom is 0.145 e. The molecule has 1 heterocycles. The van der Waals surface area contributed by atoms with E-state index in [-0.39, 0.29) is 0 Å². The average molecular weight is 233 g/mol. The highest BCUT2D eigenvalue weighted by Gasteiger charge is 1.97. The predicted octanol–water partition coefficient (Wildman–Crippen LogP) is 3.68. The number of halogens is 1. The summed E-state index contributed by atoms with van der Waals surface area (Å²) in [6.07, 6.45) is 2.72. The van der Waals surface area contributed by atoms with Crippen molar-refractivity contribution in [1.82, 2.24) is 0 Å². The molecule has 0 unspecified atom stereocenters. The second-order valence-electron chi connectivity index (χ2n) is 3.09. The Balaban J connectivity index is 2.21. The average Bonchev–Trinajstić information content (AvgIpc) is 2.76. The molecule has 0 atom stereocenters. The van der Waals surface area contributed by atoms with Crippen LogP contribution in [0.4, 0.5) is 5.69 Å². The first-order valence-corrected chi connectivity index (χ1v) is 5.06. The monoisotopic (exact) mass is 232 g/mol. The summed E-state index contributed by atoms with van der Waals surface area (Å²) >= 11 is 5.94. The van der Waals surface area contributed by atoms with Crippen LogP contribution in [0.15, 0.2) is 45.8 Å². The number of benzene rings is 1. The van der Waals surface area contributed by atoms with Gasteiger partial charge in [0.1, 0.15) is 11.5 Å². The summed E-state index contributed by atoms with van der Waals surface area (Å²) in [6.45, 7) is 0. The predicted molar refractivity (Wildman–Crippen MR) is 65.3 cm³/mol. The lowest BCUT2D eigenvalue weighted by Gasteiger charge is -1.94. The van der Waals surface area contributed by atoms with Crippen LogP contribution in [0, 0.1) is 5.41 Å². The molecule has 0 aliphatic heterocycles. The maximum absolute atomic E-state index is 7.00. The Hall–Kier alpha value is -1.87. The van der Waals surface area contributed by atoms with Crippen molar-refractivity contribution in [2.75, 3.05) is 0 Å². The van der Waals surface area contributed by atoms with E-state index in [4.69, 9.17) is 21.4 Å². The summed E-state index contributed by atoms with van der Waals surface area (Å²) in [4.78, 5) is 4.20. The summed E-state index contributed by atoms with van der Waals surface area (Å²) in [6, 6.07) is 10.8. The molecule has 0 saturated carbocycles. The first-order valence-electron chi connectivity index (χ1n) is 4.68. The second kappa shape index (κ2) is 4.77. The van der Waals surface area contributed by atoms with Gasteiger partial charge in [0.2, 0.25) is 0 Å². The number of nitrogens with one attached hydrogen (secondary N) is 1. The third kappa shape index (κ3) is 2.38. The molecule has 0 aliphatic carbocycles. The number of hydrogen-bond donors (Lipinski definition) is 1. The second-order valence-corrected chi connectivity index (χ2v) is 3.50. The quantitative estimate of drug-likeness (QED) is 0.807. The number of furan rings is 1. The summed E-state index contributed by atoms with van der Waals surface area (Å²) in [5, 5.41) is 7.60. The van der Waals surface area contributed by atoms with Crippen LogP contribution < -0.4 is 0 Å². The van der Waals surface area contributed by atoms with E-state index >= 15 is 0 Å². The third-order valence-corrected chi connectivity index (χ3v) is 2.29. The zero-order valence-corrected chi connectivity index (χ0v) is 9.11. The molecule has 3 nitrogen and oxygen atoms in total. The van der Waals surface area contributed by atoms with Gasteiger partial charge in [0.15, 0.2) is 0 Å². The lowest BCUT2D eigenvalue weighted by molar-refractivity contribution is 0.553. The van der Waals surface area contributed by atoms with Crippen molar-refractivity contribution >= 4 is 29.7 Å². The molecular weight excluding hydrogens is 224 g/mol. The minimum Gasteiger partial charge on any atom is -0.454 e. The normalized spacial score (nSPS) is 10.8. The van der Waals surface area contributed by atoms with E-state index in [0.717, 1.165) is 6.21 Å². The Morgan fingerprint density at radius 2 is 1.88 bits per heavy atom. The van der Waals surface area contributed by atoms with E-state index in [0.29, 0.717) is 22.2 Å². The van der Waals surface area contributed by atoms with Crippen molar-refractivity contribution in [3.63, 3.8) is 0 Å². The Morgan fingerprint density at radius 3 is 2.56 bits per heavy atom. The van der Waals surface area contributed by atoms with Gasteiger partial charge in [0.25, 0.3) is 0 Å². The molecule has 0 amide bonds. The highest BCUT2D eigenvalue weighted by atomic mass is 35.5.